The number of piperazine rings is 1. The van der Waals surface area contributed by atoms with Gasteiger partial charge in [0.1, 0.15) is 22.9 Å². The number of carboxylic acid groups (broad SMARTS) is 1. The summed E-state index contributed by atoms with van der Waals surface area (Å²) in [6.07, 6.45) is -0.441. The molecule has 6 rings (SSSR count). The molecule has 2 aliphatic heterocycles. The first-order valence-corrected chi connectivity index (χ1v) is 12.7. The van der Waals surface area contributed by atoms with Gasteiger partial charge in [-0.1, -0.05) is 6.07 Å². The number of alkyl halides is 2. The summed E-state index contributed by atoms with van der Waals surface area (Å²) in [4.78, 5) is 31.3. The zero-order valence-corrected chi connectivity index (χ0v) is 21.1. The minimum Gasteiger partial charge on any atom is -0.465 e. The molecule has 1 fully saturated rings. The average molecular weight is 557 g/mol. The van der Waals surface area contributed by atoms with Crippen molar-refractivity contribution < 1.29 is 27.5 Å². The number of rotatable bonds is 6. The van der Waals surface area contributed by atoms with E-state index in [0.717, 1.165) is 17.8 Å². The van der Waals surface area contributed by atoms with Crippen LogP contribution in [0, 0.1) is 11.6 Å². The zero-order valence-electron chi connectivity index (χ0n) is 21.1. The fourth-order valence-electron chi connectivity index (χ4n) is 5.22. The highest BCUT2D eigenvalue weighted by Gasteiger charge is 2.33. The molecule has 2 aliphatic rings. The molecule has 14 heteroatoms. The minimum atomic E-state index is -2.64. The highest BCUT2D eigenvalue weighted by atomic mass is 19.3. The molecule has 208 valence electrons. The van der Waals surface area contributed by atoms with Crippen molar-refractivity contribution in [2.75, 3.05) is 31.5 Å². The first-order valence-electron chi connectivity index (χ1n) is 12.7. The number of benzene rings is 1. The van der Waals surface area contributed by atoms with Crippen molar-refractivity contribution in [1.82, 2.24) is 34.3 Å². The van der Waals surface area contributed by atoms with E-state index >= 15 is 0 Å². The molecular weight excluding hydrogens is 532 g/mol. The predicted octanol–water partition coefficient (Wildman–Crippen LogP) is 4.46. The number of pyridine rings is 1. The minimum absolute atomic E-state index is 0.0194. The molecule has 10 nitrogen and oxygen atoms in total. The molecule has 0 bridgehead atoms. The number of imidazole rings is 1. The van der Waals surface area contributed by atoms with Crippen LogP contribution in [0.4, 0.5) is 34.1 Å². The lowest BCUT2D eigenvalue weighted by Gasteiger charge is -2.32. The number of nitrogens with zero attached hydrogens (tertiary/aromatic N) is 7. The van der Waals surface area contributed by atoms with Crippen molar-refractivity contribution in [2.45, 2.75) is 31.9 Å². The Morgan fingerprint density at radius 2 is 1.85 bits per heavy atom. The summed E-state index contributed by atoms with van der Waals surface area (Å²) < 4.78 is 58.3. The van der Waals surface area contributed by atoms with E-state index in [0.29, 0.717) is 50.8 Å². The molecule has 0 aliphatic carbocycles. The van der Waals surface area contributed by atoms with Crippen LogP contribution in [0.15, 0.2) is 36.7 Å². The third-order valence-electron chi connectivity index (χ3n) is 7.24. The Bertz CT molecular complexity index is 1570. The van der Waals surface area contributed by atoms with Gasteiger partial charge in [-0.05, 0) is 30.2 Å². The third-order valence-corrected chi connectivity index (χ3v) is 7.24. The van der Waals surface area contributed by atoms with Gasteiger partial charge in [-0.2, -0.15) is 0 Å². The number of hydrogen-bond acceptors (Lipinski definition) is 7. The fraction of sp³-hybridized carbons (Fsp3) is 0.346. The topological polar surface area (TPSA) is 112 Å². The molecule has 0 spiro atoms. The molecule has 5 heterocycles. The summed E-state index contributed by atoms with van der Waals surface area (Å²) in [5.74, 6) is -0.768. The second kappa shape index (κ2) is 10.3. The molecule has 3 aromatic heterocycles. The van der Waals surface area contributed by atoms with Crippen molar-refractivity contribution in [2.24, 2.45) is 0 Å². The third kappa shape index (κ3) is 4.90. The Hall–Kier alpha value is -4.33. The molecule has 1 saturated heterocycles. The maximum absolute atomic E-state index is 15.0. The molecule has 0 radical (unpaired) electrons. The van der Waals surface area contributed by atoms with Gasteiger partial charge in [0, 0.05) is 50.9 Å². The Morgan fingerprint density at radius 3 is 2.55 bits per heavy atom. The largest absolute Gasteiger partial charge is 0.465 e. The van der Waals surface area contributed by atoms with Crippen molar-refractivity contribution in [1.29, 1.82) is 0 Å². The second-order valence-corrected chi connectivity index (χ2v) is 9.78. The number of hydrogen-bond donors (Lipinski definition) is 2. The van der Waals surface area contributed by atoms with Crippen molar-refractivity contribution >= 4 is 28.9 Å². The Kier molecular flexibility index (Phi) is 6.70. The summed E-state index contributed by atoms with van der Waals surface area (Å²) in [6.45, 7) is 2.74. The van der Waals surface area contributed by atoms with Gasteiger partial charge in [0.15, 0.2) is 11.6 Å². The van der Waals surface area contributed by atoms with E-state index in [1.54, 1.807) is 12.3 Å². The van der Waals surface area contributed by atoms with Crippen LogP contribution in [0.2, 0.25) is 0 Å². The van der Waals surface area contributed by atoms with Gasteiger partial charge in [-0.3, -0.25) is 4.90 Å². The summed E-state index contributed by atoms with van der Waals surface area (Å²) in [6, 6.07) is 4.95. The lowest BCUT2D eigenvalue weighted by atomic mass is 10.1. The smallest absolute Gasteiger partial charge is 0.407 e. The van der Waals surface area contributed by atoms with E-state index in [2.05, 4.69) is 30.2 Å². The van der Waals surface area contributed by atoms with E-state index in [9.17, 15) is 22.4 Å². The van der Waals surface area contributed by atoms with Gasteiger partial charge in [0.25, 0.3) is 6.43 Å². The van der Waals surface area contributed by atoms with Gasteiger partial charge in [-0.25, -0.2) is 42.3 Å². The van der Waals surface area contributed by atoms with Gasteiger partial charge in [0.05, 0.1) is 17.8 Å². The van der Waals surface area contributed by atoms with Crippen molar-refractivity contribution in [3.8, 4) is 11.3 Å². The quantitative estimate of drug-likeness (QED) is 0.335. The number of amides is 1. The SMILES string of the molecule is O=C(O)N1CCN(Cc2ccc(Nc3ncc(F)c(-c4cc(F)c5nc6n(c5c4)[C@H](C(F)F)CC6)n3)nc2)CC1. The lowest BCUT2D eigenvalue weighted by molar-refractivity contribution is 0.0883. The normalized spacial score (nSPS) is 17.5. The van der Waals surface area contributed by atoms with Crippen LogP contribution in [0.3, 0.4) is 0 Å². The van der Waals surface area contributed by atoms with Gasteiger partial charge in [-0.15, -0.1) is 0 Å². The van der Waals surface area contributed by atoms with Crippen LogP contribution >= 0.6 is 0 Å². The van der Waals surface area contributed by atoms with Crippen LogP contribution in [0.1, 0.15) is 23.9 Å². The predicted molar refractivity (Wildman–Crippen MR) is 136 cm³/mol. The Labute approximate surface area is 225 Å². The van der Waals surface area contributed by atoms with Crippen LogP contribution in [0.25, 0.3) is 22.3 Å². The molecule has 0 saturated carbocycles. The average Bonchev–Trinajstić information content (AvgIpc) is 3.52. The van der Waals surface area contributed by atoms with E-state index in [1.807, 2.05) is 6.07 Å². The molecule has 2 N–H and O–H groups in total. The maximum Gasteiger partial charge on any atom is 0.407 e. The summed E-state index contributed by atoms with van der Waals surface area (Å²) in [5.41, 5.74) is 0.931. The van der Waals surface area contributed by atoms with E-state index in [-0.39, 0.29) is 34.7 Å². The van der Waals surface area contributed by atoms with Gasteiger partial charge >= 0.3 is 6.09 Å². The summed E-state index contributed by atoms with van der Waals surface area (Å²) in [5, 5.41) is 12.0. The number of aryl methyl sites for hydroxylation is 1. The van der Waals surface area contributed by atoms with Gasteiger partial charge in [0.2, 0.25) is 5.95 Å². The summed E-state index contributed by atoms with van der Waals surface area (Å²) in [7, 11) is 0. The molecule has 1 aromatic carbocycles. The van der Waals surface area contributed by atoms with Gasteiger partial charge < -0.3 is 19.9 Å². The number of anilines is 2. The number of halogens is 4. The molecule has 40 heavy (non-hydrogen) atoms. The Balaban J connectivity index is 1.20. The van der Waals surface area contributed by atoms with Crippen LogP contribution in [-0.2, 0) is 13.0 Å². The molecule has 0 unspecified atom stereocenters. The molecule has 4 aromatic rings. The van der Waals surface area contributed by atoms with E-state index < -0.39 is 30.2 Å². The van der Waals surface area contributed by atoms with Crippen LogP contribution in [0.5, 0.6) is 0 Å². The fourth-order valence-corrected chi connectivity index (χ4v) is 5.22. The highest BCUT2D eigenvalue weighted by Crippen LogP contribution is 2.37. The monoisotopic (exact) mass is 556 g/mol. The molecule has 1 amide bonds. The first-order chi connectivity index (χ1) is 19.3. The maximum atomic E-state index is 15.0. The van der Waals surface area contributed by atoms with Crippen molar-refractivity contribution in [3.63, 3.8) is 0 Å². The lowest BCUT2D eigenvalue weighted by Crippen LogP contribution is -2.47. The molecular formula is C26H24F4N8O2. The number of nitrogens with one attached hydrogen (secondary N) is 1. The standard InChI is InChI=1S/C26H24F4N8O2/c27-16-9-15(10-19-23(16)34-21-4-2-18(24(29)30)38(19)21)22-17(28)12-32-25(35-22)33-20-3-1-14(11-31-20)13-36-5-7-37(8-6-36)26(39)40/h1,3,9-12,18,24H,2,4-8,13H2,(H,39,40)(H,31,32,33,35)/t18-/m0/s1. The van der Waals surface area contributed by atoms with E-state index in [1.165, 1.54) is 15.5 Å². The molecule has 1 atom stereocenters. The van der Waals surface area contributed by atoms with Crippen LogP contribution < -0.4 is 5.32 Å². The first kappa shape index (κ1) is 25.9. The van der Waals surface area contributed by atoms with E-state index in [4.69, 9.17) is 5.11 Å². The summed E-state index contributed by atoms with van der Waals surface area (Å²) >= 11 is 0. The number of aromatic nitrogens is 5. The Morgan fingerprint density at radius 1 is 1.05 bits per heavy atom. The van der Waals surface area contributed by atoms with Crippen LogP contribution in [-0.4, -0.2) is 78.1 Å². The zero-order chi connectivity index (χ0) is 28.0. The number of carbonyl (C=O) groups is 1. The number of fused-ring (bicyclic) bond motifs is 3. The van der Waals surface area contributed by atoms with Crippen molar-refractivity contribution in [3.05, 3.63) is 59.7 Å². The highest BCUT2D eigenvalue weighted by molar-refractivity contribution is 5.83. The second-order valence-electron chi connectivity index (χ2n) is 9.78.